The van der Waals surface area contributed by atoms with Gasteiger partial charge in [0.25, 0.3) is 5.91 Å². The fraction of sp³-hybridized carbons (Fsp3) is 0.0769. The van der Waals surface area contributed by atoms with Crippen molar-refractivity contribution in [3.05, 3.63) is 106 Å². The highest BCUT2D eigenvalue weighted by molar-refractivity contribution is 6.30. The van der Waals surface area contributed by atoms with Crippen molar-refractivity contribution in [3.8, 4) is 5.69 Å². The number of benzene rings is 3. The maximum Gasteiger partial charge on any atom is 0.323 e. The Morgan fingerprint density at radius 2 is 1.66 bits per heavy atom. The van der Waals surface area contributed by atoms with E-state index in [-0.39, 0.29) is 5.91 Å². The lowest BCUT2D eigenvalue weighted by atomic mass is 10.2. The predicted octanol–water partition coefficient (Wildman–Crippen LogP) is 6.59. The Morgan fingerprint density at radius 3 is 2.34 bits per heavy atom. The first-order valence-electron chi connectivity index (χ1n) is 10.6. The highest BCUT2D eigenvalue weighted by Gasteiger charge is 2.15. The van der Waals surface area contributed by atoms with Crippen molar-refractivity contribution < 1.29 is 9.59 Å². The Kier molecular flexibility index (Phi) is 6.81. The minimum absolute atomic E-state index is 0.313. The first kappa shape index (κ1) is 23.5. The molecule has 174 valence electrons. The van der Waals surface area contributed by atoms with Crippen molar-refractivity contribution in [2.75, 3.05) is 16.0 Å². The Labute approximate surface area is 207 Å². The molecule has 3 amide bonds. The van der Waals surface area contributed by atoms with Crippen LogP contribution in [0.5, 0.6) is 0 Å². The van der Waals surface area contributed by atoms with Gasteiger partial charge in [-0.05, 0) is 74.5 Å². The number of amides is 3. The number of urea groups is 1. The molecule has 0 aliphatic heterocycles. The average Bonchev–Trinajstić information content (AvgIpc) is 3.17. The summed E-state index contributed by atoms with van der Waals surface area (Å²) in [5.41, 5.74) is 4.61. The number of nitrogens with zero attached hydrogens (tertiary/aromatic N) is 3. The molecule has 0 saturated carbocycles. The largest absolute Gasteiger partial charge is 0.323 e. The minimum Gasteiger partial charge on any atom is -0.322 e. The van der Waals surface area contributed by atoms with Gasteiger partial charge in [-0.15, -0.1) is 0 Å². The summed E-state index contributed by atoms with van der Waals surface area (Å²) in [5, 5.41) is 13.5. The first-order valence-corrected chi connectivity index (χ1v) is 11.0. The minimum atomic E-state index is -0.504. The van der Waals surface area contributed by atoms with Gasteiger partial charge in [-0.3, -0.25) is 4.79 Å². The van der Waals surface area contributed by atoms with Gasteiger partial charge in [0.1, 0.15) is 0 Å². The molecule has 4 rings (SSSR count). The lowest BCUT2D eigenvalue weighted by molar-refractivity contribution is 0.102. The van der Waals surface area contributed by atoms with E-state index in [2.05, 4.69) is 25.9 Å². The SMILES string of the molecule is [C-]#[N+]c1cccc(NC(=O)Nc2cc(NC(=O)c3ccc(Cl)cc3)ccc2-n2nc(C)cc2C)c1. The molecule has 0 radical (unpaired) electrons. The molecular weight excluding hydrogens is 464 g/mol. The molecule has 35 heavy (non-hydrogen) atoms. The summed E-state index contributed by atoms with van der Waals surface area (Å²) in [4.78, 5) is 28.9. The van der Waals surface area contributed by atoms with Gasteiger partial charge in [-0.1, -0.05) is 23.7 Å². The third kappa shape index (κ3) is 5.66. The summed E-state index contributed by atoms with van der Waals surface area (Å²) in [6, 6.07) is 19.8. The quantitative estimate of drug-likeness (QED) is 0.279. The zero-order chi connectivity index (χ0) is 24.9. The van der Waals surface area contributed by atoms with Gasteiger partial charge in [-0.25, -0.2) is 14.3 Å². The number of anilines is 3. The molecule has 0 aliphatic rings. The summed E-state index contributed by atoms with van der Waals surface area (Å²) in [7, 11) is 0. The van der Waals surface area contributed by atoms with E-state index in [0.29, 0.717) is 39.0 Å². The molecule has 1 aromatic heterocycles. The van der Waals surface area contributed by atoms with Crippen LogP contribution in [0.25, 0.3) is 10.5 Å². The van der Waals surface area contributed by atoms with E-state index in [9.17, 15) is 9.59 Å². The highest BCUT2D eigenvalue weighted by Crippen LogP contribution is 2.27. The van der Waals surface area contributed by atoms with E-state index >= 15 is 0 Å². The molecule has 0 bridgehead atoms. The van der Waals surface area contributed by atoms with Crippen molar-refractivity contribution in [1.29, 1.82) is 0 Å². The average molecular weight is 485 g/mol. The fourth-order valence-electron chi connectivity index (χ4n) is 3.51. The standard InChI is InChI=1S/C26H21ClN6O2/c1-16-13-17(2)33(32-16)24-12-11-22(29-25(34)18-7-9-19(27)10-8-18)15-23(24)31-26(35)30-21-6-4-5-20(14-21)28-3/h4-15H,1-2H3,(H,29,34)(H2,30,31,35). The second-order valence-electron chi connectivity index (χ2n) is 7.77. The number of halogens is 1. The van der Waals surface area contributed by atoms with Crippen LogP contribution in [0.3, 0.4) is 0 Å². The summed E-state index contributed by atoms with van der Waals surface area (Å²) >= 11 is 5.91. The molecule has 0 saturated heterocycles. The summed E-state index contributed by atoms with van der Waals surface area (Å²) in [5.74, 6) is -0.313. The van der Waals surface area contributed by atoms with Crippen LogP contribution in [-0.4, -0.2) is 21.7 Å². The van der Waals surface area contributed by atoms with Crippen LogP contribution in [0.15, 0.2) is 72.8 Å². The highest BCUT2D eigenvalue weighted by atomic mass is 35.5. The molecule has 0 fully saturated rings. The van der Waals surface area contributed by atoms with Crippen LogP contribution in [-0.2, 0) is 0 Å². The van der Waals surface area contributed by atoms with E-state index in [1.54, 1.807) is 71.4 Å². The van der Waals surface area contributed by atoms with E-state index in [0.717, 1.165) is 11.4 Å². The third-order valence-electron chi connectivity index (χ3n) is 5.08. The Balaban J connectivity index is 1.63. The zero-order valence-corrected chi connectivity index (χ0v) is 19.7. The monoisotopic (exact) mass is 484 g/mol. The molecule has 4 aromatic rings. The van der Waals surface area contributed by atoms with Crippen LogP contribution >= 0.6 is 11.6 Å². The normalized spacial score (nSPS) is 10.3. The molecule has 0 unspecified atom stereocenters. The van der Waals surface area contributed by atoms with Crippen LogP contribution < -0.4 is 16.0 Å². The molecule has 3 N–H and O–H groups in total. The number of hydrogen-bond donors (Lipinski definition) is 3. The second-order valence-corrected chi connectivity index (χ2v) is 8.21. The predicted molar refractivity (Wildman–Crippen MR) is 138 cm³/mol. The number of aromatic nitrogens is 2. The van der Waals surface area contributed by atoms with Crippen molar-refractivity contribution in [1.82, 2.24) is 9.78 Å². The second kappa shape index (κ2) is 10.1. The van der Waals surface area contributed by atoms with Crippen molar-refractivity contribution in [2.24, 2.45) is 0 Å². The van der Waals surface area contributed by atoms with Gasteiger partial charge in [-0.2, -0.15) is 5.10 Å². The maximum atomic E-state index is 12.8. The molecule has 0 atom stereocenters. The third-order valence-corrected chi connectivity index (χ3v) is 5.33. The Morgan fingerprint density at radius 1 is 0.914 bits per heavy atom. The maximum absolute atomic E-state index is 12.8. The molecule has 8 nitrogen and oxygen atoms in total. The molecule has 3 aromatic carbocycles. The number of rotatable bonds is 5. The lowest BCUT2D eigenvalue weighted by Gasteiger charge is -2.15. The van der Waals surface area contributed by atoms with E-state index in [4.69, 9.17) is 18.2 Å². The van der Waals surface area contributed by atoms with E-state index < -0.39 is 6.03 Å². The fourth-order valence-corrected chi connectivity index (χ4v) is 3.64. The van der Waals surface area contributed by atoms with Crippen LogP contribution in [0.4, 0.5) is 27.5 Å². The van der Waals surface area contributed by atoms with Gasteiger partial charge < -0.3 is 16.0 Å². The van der Waals surface area contributed by atoms with Crippen molar-refractivity contribution in [2.45, 2.75) is 13.8 Å². The molecule has 0 aliphatic carbocycles. The topological polar surface area (TPSA) is 92.4 Å². The van der Waals surface area contributed by atoms with Gasteiger partial charge in [0, 0.05) is 27.7 Å². The molecule has 1 heterocycles. The van der Waals surface area contributed by atoms with E-state index in [1.165, 1.54) is 0 Å². The van der Waals surface area contributed by atoms with Gasteiger partial charge in [0.2, 0.25) is 0 Å². The summed E-state index contributed by atoms with van der Waals surface area (Å²) in [6.45, 7) is 10.9. The van der Waals surface area contributed by atoms with Gasteiger partial charge in [0.15, 0.2) is 5.69 Å². The Hall–Kier alpha value is -4.61. The van der Waals surface area contributed by atoms with Crippen LogP contribution in [0, 0.1) is 20.4 Å². The summed E-state index contributed by atoms with van der Waals surface area (Å²) < 4.78 is 1.72. The first-order chi connectivity index (χ1) is 16.8. The van der Waals surface area contributed by atoms with Crippen molar-refractivity contribution >= 4 is 46.3 Å². The number of aryl methyl sites for hydroxylation is 2. The molecule has 0 spiro atoms. The zero-order valence-electron chi connectivity index (χ0n) is 19.0. The molecule has 9 heteroatoms. The number of carbonyl (C=O) groups excluding carboxylic acids is 2. The number of hydrogen-bond acceptors (Lipinski definition) is 3. The van der Waals surface area contributed by atoms with Crippen LogP contribution in [0.1, 0.15) is 21.7 Å². The smallest absolute Gasteiger partial charge is 0.322 e. The van der Waals surface area contributed by atoms with Crippen LogP contribution in [0.2, 0.25) is 5.02 Å². The lowest BCUT2D eigenvalue weighted by Crippen LogP contribution is -2.21. The van der Waals surface area contributed by atoms with Crippen molar-refractivity contribution in [3.63, 3.8) is 0 Å². The van der Waals surface area contributed by atoms with E-state index in [1.807, 2.05) is 19.9 Å². The Bertz CT molecular complexity index is 1450. The van der Waals surface area contributed by atoms with Gasteiger partial charge in [0.05, 0.1) is 23.6 Å². The molecular formula is C26H21ClN6O2. The van der Waals surface area contributed by atoms with Gasteiger partial charge >= 0.3 is 6.03 Å². The number of carbonyl (C=O) groups is 2. The summed E-state index contributed by atoms with van der Waals surface area (Å²) in [6.07, 6.45) is 0. The number of nitrogens with one attached hydrogen (secondary N) is 3.